The number of rotatable bonds is 6. The third kappa shape index (κ3) is 6.74. The molecule has 0 radical (unpaired) electrons. The Labute approximate surface area is 329 Å². The molecule has 2 heterocycles. The molecule has 6 aromatic carbocycles. The first-order chi connectivity index (χ1) is 27.6. The molecule has 2 aromatic heterocycles. The molecule has 1 N–H and O–H groups in total. The molecule has 4 heteroatoms. The van der Waals surface area contributed by atoms with Crippen LogP contribution in [0.1, 0.15) is 58.3 Å². The van der Waals surface area contributed by atoms with Gasteiger partial charge in [0.15, 0.2) is 0 Å². The summed E-state index contributed by atoms with van der Waals surface area (Å²) in [5.41, 5.74) is 16.8. The lowest BCUT2D eigenvalue weighted by atomic mass is 9.83. The third-order valence-electron chi connectivity index (χ3n) is 10.7. The van der Waals surface area contributed by atoms with Gasteiger partial charge in [0, 0.05) is 27.1 Å². The summed E-state index contributed by atoms with van der Waals surface area (Å²) in [6.07, 6.45) is 1.81. The largest absolute Gasteiger partial charge is 0.507 e. The number of hydrogen-bond donors (Lipinski definition) is 1. The molecular weight excluding hydrogens is 671 g/mol. The van der Waals surface area contributed by atoms with E-state index in [1.807, 2.05) is 56.4 Å². The van der Waals surface area contributed by atoms with E-state index in [-0.39, 0.29) is 11.2 Å². The first-order valence-electron chi connectivity index (χ1n) is 20.3. The van der Waals surface area contributed by atoms with Gasteiger partial charge in [-0.25, -0.2) is 4.98 Å². The lowest BCUT2D eigenvalue weighted by molar-refractivity contribution is 0.472. The molecule has 55 heavy (non-hydrogen) atoms. The number of pyridine rings is 1. The fraction of sp³-hybridized carbons (Fsp3) is 0.176. The maximum atomic E-state index is 11.6. The topological polar surface area (TPSA) is 50.9 Å². The fourth-order valence-electron chi connectivity index (χ4n) is 7.59. The number of aromatic hydroxyl groups is 1. The maximum Gasteiger partial charge on any atom is 0.149 e. The minimum absolute atomic E-state index is 0.177. The Hall–Kier alpha value is -6.26. The van der Waals surface area contributed by atoms with E-state index in [1.54, 1.807) is 12.1 Å². The summed E-state index contributed by atoms with van der Waals surface area (Å²) >= 11 is 0. The predicted octanol–water partition coefficient (Wildman–Crippen LogP) is 13.3. The van der Waals surface area contributed by atoms with Crippen LogP contribution in [0.5, 0.6) is 5.75 Å². The van der Waals surface area contributed by atoms with Gasteiger partial charge < -0.3 is 5.11 Å². The second-order valence-corrected chi connectivity index (χ2v) is 15.8. The van der Waals surface area contributed by atoms with Gasteiger partial charge in [-0.15, -0.1) is 0 Å². The maximum absolute atomic E-state index is 11.6. The summed E-state index contributed by atoms with van der Waals surface area (Å²) in [6, 6.07) is 43.0. The van der Waals surface area contributed by atoms with Crippen molar-refractivity contribution in [3.8, 4) is 67.5 Å². The number of aryl methyl sites for hydroxylation is 4. The molecule has 0 aliphatic carbocycles. The average Bonchev–Trinajstić information content (AvgIpc) is 3.59. The standard InChI is InChI=1S/C51H47N3O/c1-31-17-19-36(20-18-31)38-21-22-52-46(29-38)40-26-39(27-41(28-40)51(6,7)8)43-15-12-16-47-48(43)53-50(45-24-32(2)23-34(4)49(45)55)54(47)42-25-33(3)35(5)44(30-42)37-13-10-9-11-14-37/h9-30,55H,1-8H3/i1D3. The molecule has 0 saturated carbocycles. The van der Waals surface area contributed by atoms with Gasteiger partial charge in [-0.1, -0.05) is 105 Å². The third-order valence-corrected chi connectivity index (χ3v) is 10.7. The zero-order chi connectivity index (χ0) is 41.1. The van der Waals surface area contributed by atoms with Crippen LogP contribution in [0.15, 0.2) is 134 Å². The molecule has 272 valence electrons. The second kappa shape index (κ2) is 13.9. The molecule has 0 aliphatic rings. The minimum atomic E-state index is -2.16. The molecule has 4 nitrogen and oxygen atoms in total. The van der Waals surface area contributed by atoms with Crippen LogP contribution in [-0.4, -0.2) is 19.6 Å². The molecule has 0 bridgehead atoms. The van der Waals surface area contributed by atoms with E-state index >= 15 is 0 Å². The number of phenolic OH excluding ortho intramolecular Hbond substituents is 1. The van der Waals surface area contributed by atoms with E-state index in [1.165, 1.54) is 5.56 Å². The predicted molar refractivity (Wildman–Crippen MR) is 230 cm³/mol. The Morgan fingerprint density at radius 3 is 2.11 bits per heavy atom. The normalized spacial score (nSPS) is 12.7. The highest BCUT2D eigenvalue weighted by Crippen LogP contribution is 2.42. The van der Waals surface area contributed by atoms with E-state index in [0.29, 0.717) is 17.0 Å². The van der Waals surface area contributed by atoms with Crippen molar-refractivity contribution >= 4 is 11.0 Å². The van der Waals surface area contributed by atoms with E-state index in [0.717, 1.165) is 83.6 Å². The number of aromatic nitrogens is 3. The summed E-state index contributed by atoms with van der Waals surface area (Å²) in [7, 11) is 0. The monoisotopic (exact) mass is 720 g/mol. The molecule has 0 amide bonds. The summed E-state index contributed by atoms with van der Waals surface area (Å²) < 4.78 is 25.6. The lowest BCUT2D eigenvalue weighted by Crippen LogP contribution is -2.11. The van der Waals surface area contributed by atoms with Gasteiger partial charge >= 0.3 is 0 Å². The van der Waals surface area contributed by atoms with Crippen molar-refractivity contribution < 1.29 is 9.22 Å². The Morgan fingerprint density at radius 1 is 0.600 bits per heavy atom. The summed E-state index contributed by atoms with van der Waals surface area (Å²) in [5, 5.41) is 11.6. The number of imidazole rings is 1. The molecule has 0 atom stereocenters. The highest BCUT2D eigenvalue weighted by molar-refractivity contribution is 5.97. The lowest BCUT2D eigenvalue weighted by Gasteiger charge is -2.22. The Bertz CT molecular complexity index is 2850. The van der Waals surface area contributed by atoms with Gasteiger partial charge in [-0.3, -0.25) is 9.55 Å². The van der Waals surface area contributed by atoms with Crippen LogP contribution >= 0.6 is 0 Å². The van der Waals surface area contributed by atoms with E-state index in [2.05, 4.69) is 118 Å². The molecular formula is C51H47N3O. The van der Waals surface area contributed by atoms with Crippen LogP contribution < -0.4 is 0 Å². The van der Waals surface area contributed by atoms with E-state index < -0.39 is 6.85 Å². The van der Waals surface area contributed by atoms with Gasteiger partial charge in [0.1, 0.15) is 11.6 Å². The Kier molecular flexibility index (Phi) is 8.11. The average molecular weight is 721 g/mol. The summed E-state index contributed by atoms with van der Waals surface area (Å²) in [5.74, 6) is 0.881. The van der Waals surface area contributed by atoms with Gasteiger partial charge in [-0.05, 0) is 144 Å². The van der Waals surface area contributed by atoms with Crippen molar-refractivity contribution in [3.63, 3.8) is 0 Å². The van der Waals surface area contributed by atoms with Crippen LogP contribution in [0.25, 0.3) is 72.7 Å². The molecule has 0 aliphatic heterocycles. The zero-order valence-electron chi connectivity index (χ0n) is 35.5. The molecule has 0 spiro atoms. The number of nitrogens with zero attached hydrogens (tertiary/aromatic N) is 3. The highest BCUT2D eigenvalue weighted by atomic mass is 16.3. The highest BCUT2D eigenvalue weighted by Gasteiger charge is 2.24. The van der Waals surface area contributed by atoms with Crippen LogP contribution in [0, 0.1) is 34.5 Å². The number of phenols is 1. The van der Waals surface area contributed by atoms with E-state index in [9.17, 15) is 5.11 Å². The van der Waals surface area contributed by atoms with Gasteiger partial charge in [0.2, 0.25) is 0 Å². The van der Waals surface area contributed by atoms with Crippen molar-refractivity contribution in [2.45, 2.75) is 60.7 Å². The Balaban J connectivity index is 1.35. The number of benzene rings is 6. The van der Waals surface area contributed by atoms with Crippen LogP contribution in [-0.2, 0) is 5.41 Å². The summed E-state index contributed by atoms with van der Waals surface area (Å²) in [6.45, 7) is 12.8. The van der Waals surface area contributed by atoms with Gasteiger partial charge in [-0.2, -0.15) is 0 Å². The first-order valence-corrected chi connectivity index (χ1v) is 18.8. The molecule has 8 rings (SSSR count). The molecule has 0 saturated heterocycles. The van der Waals surface area contributed by atoms with E-state index in [4.69, 9.17) is 14.1 Å². The zero-order valence-corrected chi connectivity index (χ0v) is 32.5. The molecule has 0 unspecified atom stereocenters. The quantitative estimate of drug-likeness (QED) is 0.186. The van der Waals surface area contributed by atoms with Crippen molar-refractivity contribution in [1.29, 1.82) is 0 Å². The second-order valence-electron chi connectivity index (χ2n) is 15.8. The summed E-state index contributed by atoms with van der Waals surface area (Å²) in [4.78, 5) is 10.3. The van der Waals surface area contributed by atoms with Crippen LogP contribution in [0.3, 0.4) is 0 Å². The minimum Gasteiger partial charge on any atom is -0.507 e. The van der Waals surface area contributed by atoms with Gasteiger partial charge in [0.25, 0.3) is 0 Å². The van der Waals surface area contributed by atoms with Crippen molar-refractivity contribution in [2.75, 3.05) is 0 Å². The first kappa shape index (κ1) is 32.2. The smallest absolute Gasteiger partial charge is 0.149 e. The number of fused-ring (bicyclic) bond motifs is 1. The molecule has 8 aromatic rings. The SMILES string of the molecule is [2H]C([2H])([2H])c1ccc(-c2ccnc(-c3cc(-c4cccc5c4nc(-c4cc(C)cc(C)c4O)n5-c4cc(C)c(C)c(-c5ccccc5)c4)cc(C(C)(C)C)c3)c2)cc1. The van der Waals surface area contributed by atoms with Crippen molar-refractivity contribution in [3.05, 3.63) is 167 Å². The Morgan fingerprint density at radius 2 is 1.36 bits per heavy atom. The number of para-hydroxylation sites is 1. The van der Waals surface area contributed by atoms with Gasteiger partial charge in [0.05, 0.1) is 22.3 Å². The number of hydrogen-bond acceptors (Lipinski definition) is 3. The fourth-order valence-corrected chi connectivity index (χ4v) is 7.59. The van der Waals surface area contributed by atoms with Crippen LogP contribution in [0.2, 0.25) is 0 Å². The van der Waals surface area contributed by atoms with Crippen molar-refractivity contribution in [2.24, 2.45) is 0 Å². The van der Waals surface area contributed by atoms with Crippen LogP contribution in [0.4, 0.5) is 0 Å². The van der Waals surface area contributed by atoms with Crippen molar-refractivity contribution in [1.82, 2.24) is 14.5 Å². The molecule has 0 fully saturated rings.